The van der Waals surface area contributed by atoms with E-state index in [1.807, 2.05) is 0 Å². The number of carbonyl (C=O) groups excluding carboxylic acids is 1. The number of rotatable bonds is 4. The van der Waals surface area contributed by atoms with E-state index in [-0.39, 0.29) is 11.3 Å². The summed E-state index contributed by atoms with van der Waals surface area (Å²) in [6, 6.07) is 13.5. The van der Waals surface area contributed by atoms with Crippen LogP contribution in [0.4, 0.5) is 23.2 Å². The van der Waals surface area contributed by atoms with Crippen LogP contribution in [0.25, 0.3) is 11.5 Å². The fraction of sp³-hybridized carbons (Fsp3) is 0.0909. The number of nitrogens with zero attached hydrogens (tertiary/aromatic N) is 3. The highest BCUT2D eigenvalue weighted by Crippen LogP contribution is 2.31. The Balaban J connectivity index is 1.78. The maximum atomic E-state index is 13.4. The van der Waals surface area contributed by atoms with E-state index in [0.29, 0.717) is 17.2 Å². The molecule has 2 heterocycles. The van der Waals surface area contributed by atoms with Gasteiger partial charge in [0, 0.05) is 18.1 Å². The number of anilines is 1. The van der Waals surface area contributed by atoms with E-state index in [0.717, 1.165) is 12.1 Å². The van der Waals surface area contributed by atoms with E-state index in [4.69, 9.17) is 0 Å². The summed E-state index contributed by atoms with van der Waals surface area (Å²) in [5.41, 5.74) is 0.198. The first kappa shape index (κ1) is 20.4. The Bertz CT molecular complexity index is 1230. The fourth-order valence-electron chi connectivity index (χ4n) is 3.22. The lowest BCUT2D eigenvalue weighted by Gasteiger charge is -2.12. The zero-order valence-electron chi connectivity index (χ0n) is 16.2. The van der Waals surface area contributed by atoms with Crippen LogP contribution in [0.5, 0.6) is 0 Å². The summed E-state index contributed by atoms with van der Waals surface area (Å²) in [5.74, 6) is -0.662. The second-order valence-electron chi connectivity index (χ2n) is 6.80. The number of benzene rings is 2. The van der Waals surface area contributed by atoms with E-state index in [9.17, 15) is 22.4 Å². The number of hydrogen-bond donors (Lipinski definition) is 1. The van der Waals surface area contributed by atoms with Crippen molar-refractivity contribution in [1.82, 2.24) is 14.3 Å². The molecule has 1 amide bonds. The van der Waals surface area contributed by atoms with Gasteiger partial charge < -0.3 is 9.88 Å². The maximum Gasteiger partial charge on any atom is 0.416 e. The standard InChI is InChI=1S/C22H16F4N4O/c1-14-19(20(31)27-17-6-4-5-15(13-17)22(24,25)26)21(29-11-2-3-12-29)30(28-14)18-9-7-16(23)8-10-18/h2-13H,1H3,(H,27,31). The maximum absolute atomic E-state index is 13.4. The van der Waals surface area contributed by atoms with Crippen molar-refractivity contribution < 1.29 is 22.4 Å². The van der Waals surface area contributed by atoms with Crippen molar-refractivity contribution in [3.8, 4) is 11.5 Å². The van der Waals surface area contributed by atoms with Crippen molar-refractivity contribution in [3.63, 3.8) is 0 Å². The van der Waals surface area contributed by atoms with Crippen molar-refractivity contribution in [2.45, 2.75) is 13.1 Å². The van der Waals surface area contributed by atoms with Crippen LogP contribution in [0.15, 0.2) is 73.1 Å². The number of nitrogens with one attached hydrogen (secondary N) is 1. The lowest BCUT2D eigenvalue weighted by Crippen LogP contribution is -2.16. The number of halogens is 4. The normalized spacial score (nSPS) is 11.5. The first-order valence-corrected chi connectivity index (χ1v) is 9.21. The third-order valence-electron chi connectivity index (χ3n) is 4.63. The monoisotopic (exact) mass is 428 g/mol. The second-order valence-corrected chi connectivity index (χ2v) is 6.80. The molecule has 0 aliphatic heterocycles. The Morgan fingerprint density at radius 2 is 1.68 bits per heavy atom. The highest BCUT2D eigenvalue weighted by atomic mass is 19.4. The molecule has 31 heavy (non-hydrogen) atoms. The minimum atomic E-state index is -4.53. The summed E-state index contributed by atoms with van der Waals surface area (Å²) in [6.07, 6.45) is -1.12. The number of hydrogen-bond acceptors (Lipinski definition) is 2. The lowest BCUT2D eigenvalue weighted by atomic mass is 10.1. The molecule has 0 saturated carbocycles. The van der Waals surface area contributed by atoms with Crippen LogP contribution in [0.2, 0.25) is 0 Å². The van der Waals surface area contributed by atoms with E-state index in [1.54, 1.807) is 36.0 Å². The summed E-state index contributed by atoms with van der Waals surface area (Å²) in [6.45, 7) is 1.62. The van der Waals surface area contributed by atoms with Gasteiger partial charge in [0.1, 0.15) is 11.4 Å². The second kappa shape index (κ2) is 7.75. The van der Waals surface area contributed by atoms with Gasteiger partial charge in [0.2, 0.25) is 0 Å². The number of carbonyl (C=O) groups is 1. The fourth-order valence-corrected chi connectivity index (χ4v) is 3.22. The largest absolute Gasteiger partial charge is 0.416 e. The van der Waals surface area contributed by atoms with Crippen LogP contribution in [-0.4, -0.2) is 20.3 Å². The molecule has 2 aromatic carbocycles. The molecular weight excluding hydrogens is 412 g/mol. The van der Waals surface area contributed by atoms with Crippen molar-refractivity contribution in [2.75, 3.05) is 5.32 Å². The summed E-state index contributed by atoms with van der Waals surface area (Å²) in [4.78, 5) is 13.1. The van der Waals surface area contributed by atoms with Gasteiger partial charge in [0.05, 0.1) is 16.9 Å². The molecule has 2 aromatic heterocycles. The van der Waals surface area contributed by atoms with E-state index in [2.05, 4.69) is 10.4 Å². The molecule has 0 saturated heterocycles. The average molecular weight is 428 g/mol. The Kier molecular flexibility index (Phi) is 5.10. The third-order valence-corrected chi connectivity index (χ3v) is 4.63. The Labute approximate surface area is 174 Å². The Morgan fingerprint density at radius 1 is 1.00 bits per heavy atom. The molecule has 9 heteroatoms. The average Bonchev–Trinajstić information content (AvgIpc) is 3.35. The Hall–Kier alpha value is -3.88. The smallest absolute Gasteiger partial charge is 0.322 e. The molecular formula is C22H16F4N4O. The summed E-state index contributed by atoms with van der Waals surface area (Å²) in [5, 5.41) is 6.94. The minimum Gasteiger partial charge on any atom is -0.322 e. The predicted molar refractivity (Wildman–Crippen MR) is 107 cm³/mol. The van der Waals surface area contributed by atoms with Gasteiger partial charge in [-0.1, -0.05) is 6.07 Å². The van der Waals surface area contributed by atoms with E-state index >= 15 is 0 Å². The van der Waals surface area contributed by atoms with Gasteiger partial charge in [0.15, 0.2) is 5.82 Å². The van der Waals surface area contributed by atoms with Crippen LogP contribution < -0.4 is 5.32 Å². The number of aryl methyl sites for hydroxylation is 1. The summed E-state index contributed by atoms with van der Waals surface area (Å²) in [7, 11) is 0. The molecule has 4 rings (SSSR count). The molecule has 0 unspecified atom stereocenters. The SMILES string of the molecule is Cc1nn(-c2ccc(F)cc2)c(-n2cccc2)c1C(=O)Nc1cccc(C(F)(F)F)c1. The van der Waals surface area contributed by atoms with Crippen LogP contribution in [0, 0.1) is 12.7 Å². The molecule has 4 aromatic rings. The molecule has 1 N–H and O–H groups in total. The number of amides is 1. The predicted octanol–water partition coefficient (Wildman–Crippen LogP) is 5.38. The molecule has 0 aliphatic carbocycles. The van der Waals surface area contributed by atoms with Crippen molar-refractivity contribution in [2.24, 2.45) is 0 Å². The summed E-state index contributed by atoms with van der Waals surface area (Å²) < 4.78 is 55.5. The van der Waals surface area contributed by atoms with Crippen LogP contribution in [0.3, 0.4) is 0 Å². The van der Waals surface area contributed by atoms with Gasteiger partial charge in [-0.3, -0.25) is 4.79 Å². The van der Waals surface area contributed by atoms with Crippen LogP contribution in [0.1, 0.15) is 21.6 Å². The van der Waals surface area contributed by atoms with Gasteiger partial charge in [-0.05, 0) is 61.5 Å². The molecule has 0 fully saturated rings. The topological polar surface area (TPSA) is 51.9 Å². The van der Waals surface area contributed by atoms with Crippen molar-refractivity contribution in [3.05, 3.63) is 95.7 Å². The van der Waals surface area contributed by atoms with Gasteiger partial charge in [0.25, 0.3) is 5.91 Å². The molecule has 0 bridgehead atoms. The van der Waals surface area contributed by atoms with Crippen LogP contribution in [-0.2, 0) is 6.18 Å². The van der Waals surface area contributed by atoms with Gasteiger partial charge in [-0.25, -0.2) is 9.07 Å². The summed E-state index contributed by atoms with van der Waals surface area (Å²) >= 11 is 0. The minimum absolute atomic E-state index is 0.00668. The third kappa shape index (κ3) is 4.07. The molecule has 5 nitrogen and oxygen atoms in total. The molecule has 0 aliphatic rings. The van der Waals surface area contributed by atoms with E-state index < -0.39 is 23.5 Å². The van der Waals surface area contributed by atoms with Gasteiger partial charge >= 0.3 is 6.18 Å². The van der Waals surface area contributed by atoms with Gasteiger partial charge in [-0.15, -0.1) is 0 Å². The van der Waals surface area contributed by atoms with Crippen molar-refractivity contribution in [1.29, 1.82) is 0 Å². The quantitative estimate of drug-likeness (QED) is 0.444. The first-order chi connectivity index (χ1) is 14.7. The highest BCUT2D eigenvalue weighted by Gasteiger charge is 2.31. The lowest BCUT2D eigenvalue weighted by molar-refractivity contribution is -0.137. The molecule has 0 radical (unpaired) electrons. The molecule has 158 valence electrons. The number of alkyl halides is 3. The van der Waals surface area contributed by atoms with Crippen molar-refractivity contribution >= 4 is 11.6 Å². The van der Waals surface area contributed by atoms with E-state index in [1.165, 1.54) is 41.1 Å². The zero-order valence-corrected chi connectivity index (χ0v) is 16.2. The van der Waals surface area contributed by atoms with Crippen LogP contribution >= 0.6 is 0 Å². The van der Waals surface area contributed by atoms with Gasteiger partial charge in [-0.2, -0.15) is 18.3 Å². The molecule has 0 spiro atoms. The molecule has 0 atom stereocenters. The highest BCUT2D eigenvalue weighted by molar-refractivity contribution is 6.07. The Morgan fingerprint density at radius 3 is 2.32 bits per heavy atom. The number of aromatic nitrogens is 3. The zero-order chi connectivity index (χ0) is 22.2. The first-order valence-electron chi connectivity index (χ1n) is 9.21.